The molecule has 0 aliphatic carbocycles. The van der Waals surface area contributed by atoms with Crippen LogP contribution in [-0.2, 0) is 15.6 Å². The summed E-state index contributed by atoms with van der Waals surface area (Å²) in [7, 11) is -3.38. The molecule has 5 heteroatoms. The lowest BCUT2D eigenvalue weighted by Gasteiger charge is -2.08. The normalized spacial score (nSPS) is 11.5. The molecule has 2 aromatic rings. The van der Waals surface area contributed by atoms with Gasteiger partial charge >= 0.3 is 0 Å². The summed E-state index contributed by atoms with van der Waals surface area (Å²) in [5.41, 5.74) is 8.02. The van der Waals surface area contributed by atoms with E-state index in [9.17, 15) is 8.42 Å². The van der Waals surface area contributed by atoms with Gasteiger partial charge in [-0.1, -0.05) is 29.8 Å². The summed E-state index contributed by atoms with van der Waals surface area (Å²) in [4.78, 5) is 0.266. The van der Waals surface area contributed by atoms with E-state index in [-0.39, 0.29) is 10.6 Å². The first-order valence-electron chi connectivity index (χ1n) is 5.72. The van der Waals surface area contributed by atoms with Crippen LogP contribution in [0.25, 0.3) is 0 Å². The molecule has 100 valence electrons. The number of aryl methyl sites for hydroxylation is 1. The first-order valence-corrected chi connectivity index (χ1v) is 8.16. The number of nitrogens with two attached hydrogens (primary N) is 1. The van der Waals surface area contributed by atoms with Crippen molar-refractivity contribution in [3.05, 3.63) is 58.1 Å². The molecule has 0 bridgehead atoms. The summed E-state index contributed by atoms with van der Waals surface area (Å²) in [6.45, 7) is 1.97. The number of sulfone groups is 1. The molecule has 2 aromatic carbocycles. The smallest absolute Gasteiger partial charge is 0.183 e. The largest absolute Gasteiger partial charge is 0.399 e. The first kappa shape index (κ1) is 14.1. The molecule has 0 heterocycles. The third-order valence-electron chi connectivity index (χ3n) is 2.77. The van der Waals surface area contributed by atoms with Gasteiger partial charge in [0, 0.05) is 10.2 Å². The van der Waals surface area contributed by atoms with E-state index in [1.54, 1.807) is 12.1 Å². The number of nitrogen functional groups attached to an aromatic ring is 1. The lowest BCUT2D eigenvalue weighted by atomic mass is 10.2. The van der Waals surface area contributed by atoms with Crippen LogP contribution in [0.5, 0.6) is 0 Å². The van der Waals surface area contributed by atoms with Crippen molar-refractivity contribution in [1.82, 2.24) is 0 Å². The monoisotopic (exact) mass is 339 g/mol. The van der Waals surface area contributed by atoms with Crippen molar-refractivity contribution in [3.8, 4) is 0 Å². The number of halogens is 1. The molecule has 2 rings (SSSR count). The zero-order valence-electron chi connectivity index (χ0n) is 10.4. The van der Waals surface area contributed by atoms with Crippen LogP contribution < -0.4 is 5.73 Å². The minimum atomic E-state index is -3.38. The quantitative estimate of drug-likeness (QED) is 0.872. The van der Waals surface area contributed by atoms with E-state index in [0.717, 1.165) is 11.1 Å². The first-order chi connectivity index (χ1) is 8.88. The Morgan fingerprint density at radius 2 is 1.74 bits per heavy atom. The Labute approximate surface area is 121 Å². The highest BCUT2D eigenvalue weighted by Crippen LogP contribution is 2.27. The van der Waals surface area contributed by atoms with E-state index in [2.05, 4.69) is 15.9 Å². The van der Waals surface area contributed by atoms with Crippen LogP contribution in [0, 0.1) is 6.92 Å². The third-order valence-corrected chi connectivity index (χ3v) is 5.43. The van der Waals surface area contributed by atoms with Gasteiger partial charge in [-0.3, -0.25) is 0 Å². The van der Waals surface area contributed by atoms with E-state index in [4.69, 9.17) is 5.73 Å². The molecule has 0 saturated heterocycles. The van der Waals surface area contributed by atoms with Gasteiger partial charge in [-0.05, 0) is 46.6 Å². The molecule has 0 saturated carbocycles. The minimum absolute atomic E-state index is 0.0181. The number of anilines is 1. The Morgan fingerprint density at radius 1 is 1.11 bits per heavy atom. The second-order valence-electron chi connectivity index (χ2n) is 4.43. The molecule has 0 aliphatic heterocycles. The van der Waals surface area contributed by atoms with E-state index in [1.165, 1.54) is 6.07 Å². The summed E-state index contributed by atoms with van der Waals surface area (Å²) in [5, 5.41) is 0. The van der Waals surface area contributed by atoms with Gasteiger partial charge < -0.3 is 5.73 Å². The SMILES string of the molecule is Cc1ccc(CS(=O)(=O)c2ccc(N)cc2Br)cc1. The molecule has 19 heavy (non-hydrogen) atoms. The van der Waals surface area contributed by atoms with Gasteiger partial charge in [0.05, 0.1) is 10.6 Å². The highest BCUT2D eigenvalue weighted by molar-refractivity contribution is 9.10. The lowest BCUT2D eigenvalue weighted by Crippen LogP contribution is -2.06. The number of rotatable bonds is 3. The molecule has 0 radical (unpaired) electrons. The Bertz CT molecular complexity index is 694. The topological polar surface area (TPSA) is 60.2 Å². The van der Waals surface area contributed by atoms with Crippen LogP contribution in [0.2, 0.25) is 0 Å². The number of benzene rings is 2. The number of hydrogen-bond acceptors (Lipinski definition) is 3. The minimum Gasteiger partial charge on any atom is -0.399 e. The third kappa shape index (κ3) is 3.36. The van der Waals surface area contributed by atoms with Crippen molar-refractivity contribution in [2.45, 2.75) is 17.6 Å². The van der Waals surface area contributed by atoms with Crippen LogP contribution in [0.3, 0.4) is 0 Å². The molecule has 0 spiro atoms. The van der Waals surface area contributed by atoms with Crippen molar-refractivity contribution in [2.24, 2.45) is 0 Å². The van der Waals surface area contributed by atoms with E-state index >= 15 is 0 Å². The highest BCUT2D eigenvalue weighted by atomic mass is 79.9. The fourth-order valence-electron chi connectivity index (χ4n) is 1.75. The predicted molar refractivity (Wildman–Crippen MR) is 80.6 cm³/mol. The molecule has 3 nitrogen and oxygen atoms in total. The molecule has 2 N–H and O–H groups in total. The summed E-state index contributed by atoms with van der Waals surface area (Å²) in [6, 6.07) is 12.2. The molecule has 0 unspecified atom stereocenters. The Hall–Kier alpha value is -1.33. The van der Waals surface area contributed by atoms with E-state index < -0.39 is 9.84 Å². The summed E-state index contributed by atoms with van der Waals surface area (Å²) in [5.74, 6) is -0.0181. The van der Waals surface area contributed by atoms with Gasteiger partial charge in [-0.25, -0.2) is 8.42 Å². The Kier molecular flexibility index (Phi) is 3.96. The molecule has 0 fully saturated rings. The van der Waals surface area contributed by atoms with Crippen LogP contribution >= 0.6 is 15.9 Å². The zero-order chi connectivity index (χ0) is 14.0. The maximum atomic E-state index is 12.3. The molecule has 0 aromatic heterocycles. The van der Waals surface area contributed by atoms with Gasteiger partial charge in [-0.15, -0.1) is 0 Å². The van der Waals surface area contributed by atoms with Crippen LogP contribution in [0.4, 0.5) is 5.69 Å². The molecule has 0 amide bonds. The predicted octanol–water partition coefficient (Wildman–Crippen LogP) is 3.31. The van der Waals surface area contributed by atoms with E-state index in [1.807, 2.05) is 31.2 Å². The average Bonchev–Trinajstić information content (AvgIpc) is 2.31. The summed E-state index contributed by atoms with van der Waals surface area (Å²) in [6.07, 6.45) is 0. The molecular formula is C14H14BrNO2S. The van der Waals surface area contributed by atoms with Crippen molar-refractivity contribution >= 4 is 31.5 Å². The summed E-state index contributed by atoms with van der Waals surface area (Å²) >= 11 is 3.25. The van der Waals surface area contributed by atoms with Crippen LogP contribution in [0.15, 0.2) is 51.8 Å². The van der Waals surface area contributed by atoms with Gasteiger partial charge in [0.2, 0.25) is 0 Å². The molecular weight excluding hydrogens is 326 g/mol. The maximum absolute atomic E-state index is 12.3. The van der Waals surface area contributed by atoms with E-state index in [0.29, 0.717) is 10.2 Å². The fraction of sp³-hybridized carbons (Fsp3) is 0.143. The van der Waals surface area contributed by atoms with Crippen molar-refractivity contribution in [2.75, 3.05) is 5.73 Å². The van der Waals surface area contributed by atoms with Crippen molar-refractivity contribution < 1.29 is 8.42 Å². The van der Waals surface area contributed by atoms with Crippen LogP contribution in [-0.4, -0.2) is 8.42 Å². The second kappa shape index (κ2) is 5.35. The highest BCUT2D eigenvalue weighted by Gasteiger charge is 2.18. The van der Waals surface area contributed by atoms with Crippen LogP contribution in [0.1, 0.15) is 11.1 Å². The van der Waals surface area contributed by atoms with Gasteiger partial charge in [0.25, 0.3) is 0 Å². The Balaban J connectivity index is 2.35. The summed E-state index contributed by atoms with van der Waals surface area (Å²) < 4.78 is 25.2. The zero-order valence-corrected chi connectivity index (χ0v) is 12.8. The standard InChI is InChI=1S/C14H14BrNO2S/c1-10-2-4-11(5-3-10)9-19(17,18)14-7-6-12(16)8-13(14)15/h2-8H,9,16H2,1H3. The van der Waals surface area contributed by atoms with Crippen molar-refractivity contribution in [3.63, 3.8) is 0 Å². The van der Waals surface area contributed by atoms with Gasteiger partial charge in [0.1, 0.15) is 0 Å². The lowest BCUT2D eigenvalue weighted by molar-refractivity contribution is 0.595. The average molecular weight is 340 g/mol. The van der Waals surface area contributed by atoms with Gasteiger partial charge in [-0.2, -0.15) is 0 Å². The van der Waals surface area contributed by atoms with Gasteiger partial charge in [0.15, 0.2) is 9.84 Å². The number of hydrogen-bond donors (Lipinski definition) is 1. The molecule has 0 aliphatic rings. The Morgan fingerprint density at radius 3 is 2.32 bits per heavy atom. The fourth-order valence-corrected chi connectivity index (χ4v) is 4.31. The second-order valence-corrected chi connectivity index (χ2v) is 7.25. The van der Waals surface area contributed by atoms with Crippen molar-refractivity contribution in [1.29, 1.82) is 0 Å². The molecule has 0 atom stereocenters. The maximum Gasteiger partial charge on any atom is 0.183 e.